The van der Waals surface area contributed by atoms with Gasteiger partial charge < -0.3 is 14.8 Å². The Bertz CT molecular complexity index is 668. The molecule has 0 saturated carbocycles. The van der Waals surface area contributed by atoms with Crippen LogP contribution in [-0.2, 0) is 9.53 Å². The molecule has 0 aliphatic rings. The van der Waals surface area contributed by atoms with E-state index in [9.17, 15) is 9.59 Å². The van der Waals surface area contributed by atoms with Crippen LogP contribution < -0.4 is 10.1 Å². The summed E-state index contributed by atoms with van der Waals surface area (Å²) in [6, 6.07) is 16.4. The first-order valence-electron chi connectivity index (χ1n) is 7.73. The number of rotatable bonds is 7. The van der Waals surface area contributed by atoms with Gasteiger partial charge in [0.2, 0.25) is 0 Å². The van der Waals surface area contributed by atoms with Gasteiger partial charge >= 0.3 is 5.97 Å². The van der Waals surface area contributed by atoms with Crippen molar-refractivity contribution in [2.75, 3.05) is 20.3 Å². The van der Waals surface area contributed by atoms with Crippen LogP contribution >= 0.6 is 0 Å². The number of benzene rings is 2. The lowest BCUT2D eigenvalue weighted by molar-refractivity contribution is -0.124. The first-order valence-corrected chi connectivity index (χ1v) is 7.73. The SMILES string of the molecule is COc1ccc(C(=O)OCC(=O)NC[C@@H](C)c2ccccc2)cc1. The second-order valence-corrected chi connectivity index (χ2v) is 5.42. The highest BCUT2D eigenvalue weighted by Gasteiger charge is 2.11. The van der Waals surface area contributed by atoms with Gasteiger partial charge in [0.05, 0.1) is 12.7 Å². The number of hydrogen-bond acceptors (Lipinski definition) is 4. The lowest BCUT2D eigenvalue weighted by atomic mass is 10.0. The van der Waals surface area contributed by atoms with Gasteiger partial charge in [-0.1, -0.05) is 37.3 Å². The van der Waals surface area contributed by atoms with E-state index < -0.39 is 5.97 Å². The van der Waals surface area contributed by atoms with Gasteiger partial charge in [-0.3, -0.25) is 4.79 Å². The van der Waals surface area contributed by atoms with E-state index in [0.29, 0.717) is 17.9 Å². The molecule has 2 aromatic rings. The number of methoxy groups -OCH3 is 1. The van der Waals surface area contributed by atoms with Crippen LogP contribution in [0.5, 0.6) is 5.75 Å². The van der Waals surface area contributed by atoms with Crippen LogP contribution in [0.3, 0.4) is 0 Å². The first kappa shape index (κ1) is 17.5. The van der Waals surface area contributed by atoms with Crippen molar-refractivity contribution >= 4 is 11.9 Å². The molecule has 0 aromatic heterocycles. The average molecular weight is 327 g/mol. The van der Waals surface area contributed by atoms with E-state index >= 15 is 0 Å². The molecule has 2 aromatic carbocycles. The number of hydrogen-bond donors (Lipinski definition) is 1. The van der Waals surface area contributed by atoms with Crippen molar-refractivity contribution in [2.24, 2.45) is 0 Å². The molecule has 0 radical (unpaired) electrons. The monoisotopic (exact) mass is 327 g/mol. The molecule has 126 valence electrons. The molecule has 1 atom stereocenters. The fraction of sp³-hybridized carbons (Fsp3) is 0.263. The number of carbonyl (C=O) groups excluding carboxylic acids is 2. The molecule has 5 nitrogen and oxygen atoms in total. The summed E-state index contributed by atoms with van der Waals surface area (Å²) in [6.07, 6.45) is 0. The highest BCUT2D eigenvalue weighted by molar-refractivity contribution is 5.91. The molecule has 24 heavy (non-hydrogen) atoms. The smallest absolute Gasteiger partial charge is 0.338 e. The van der Waals surface area contributed by atoms with Gasteiger partial charge in [0.1, 0.15) is 5.75 Å². The lowest BCUT2D eigenvalue weighted by Gasteiger charge is -2.13. The molecule has 0 unspecified atom stereocenters. The van der Waals surface area contributed by atoms with Gasteiger partial charge in [0.25, 0.3) is 5.91 Å². The minimum atomic E-state index is -0.538. The Balaban J connectivity index is 1.75. The molecule has 0 bridgehead atoms. The maximum absolute atomic E-state index is 11.9. The number of carbonyl (C=O) groups is 2. The van der Waals surface area contributed by atoms with Gasteiger partial charge in [-0.05, 0) is 35.7 Å². The van der Waals surface area contributed by atoms with Crippen LogP contribution in [0, 0.1) is 0 Å². The third-order valence-corrected chi connectivity index (χ3v) is 3.63. The molecular weight excluding hydrogens is 306 g/mol. The molecule has 0 fully saturated rings. The Hall–Kier alpha value is -2.82. The summed E-state index contributed by atoms with van der Waals surface area (Å²) < 4.78 is 10.0. The zero-order chi connectivity index (χ0) is 17.4. The van der Waals surface area contributed by atoms with E-state index in [1.807, 2.05) is 37.3 Å². The van der Waals surface area contributed by atoms with E-state index in [4.69, 9.17) is 9.47 Å². The molecule has 0 heterocycles. The van der Waals surface area contributed by atoms with E-state index in [1.54, 1.807) is 31.4 Å². The maximum Gasteiger partial charge on any atom is 0.338 e. The number of nitrogens with one attached hydrogen (secondary N) is 1. The minimum Gasteiger partial charge on any atom is -0.497 e. The summed E-state index contributed by atoms with van der Waals surface area (Å²) in [5.74, 6) is -0.0183. The summed E-state index contributed by atoms with van der Waals surface area (Å²) in [5.41, 5.74) is 1.52. The fourth-order valence-corrected chi connectivity index (χ4v) is 2.16. The third-order valence-electron chi connectivity index (χ3n) is 3.63. The van der Waals surface area contributed by atoms with Crippen molar-refractivity contribution in [3.05, 3.63) is 65.7 Å². The number of ether oxygens (including phenoxy) is 2. The summed E-state index contributed by atoms with van der Waals surface area (Å²) in [7, 11) is 1.55. The normalized spacial score (nSPS) is 11.4. The van der Waals surface area contributed by atoms with E-state index in [1.165, 1.54) is 0 Å². The second-order valence-electron chi connectivity index (χ2n) is 5.42. The van der Waals surface area contributed by atoms with E-state index in [2.05, 4.69) is 5.32 Å². The van der Waals surface area contributed by atoms with E-state index in [0.717, 1.165) is 5.56 Å². The minimum absolute atomic E-state index is 0.187. The average Bonchev–Trinajstić information content (AvgIpc) is 2.64. The first-order chi connectivity index (χ1) is 11.6. The molecular formula is C19H21NO4. The molecule has 1 amide bonds. The van der Waals surface area contributed by atoms with Gasteiger partial charge in [0, 0.05) is 6.54 Å². The fourth-order valence-electron chi connectivity index (χ4n) is 2.16. The lowest BCUT2D eigenvalue weighted by Crippen LogP contribution is -2.31. The Morgan fingerprint density at radius 3 is 2.33 bits per heavy atom. The number of amides is 1. The van der Waals surface area contributed by atoms with Crippen LogP contribution in [0.15, 0.2) is 54.6 Å². The predicted molar refractivity (Wildman–Crippen MR) is 91.1 cm³/mol. The van der Waals surface area contributed by atoms with Crippen LogP contribution in [0.4, 0.5) is 0 Å². The number of esters is 1. The molecule has 0 saturated heterocycles. The van der Waals surface area contributed by atoms with Crippen molar-refractivity contribution in [2.45, 2.75) is 12.8 Å². The Labute approximate surface area is 141 Å². The van der Waals surface area contributed by atoms with Gasteiger partial charge in [-0.2, -0.15) is 0 Å². The topological polar surface area (TPSA) is 64.6 Å². The molecule has 0 spiro atoms. The van der Waals surface area contributed by atoms with Gasteiger partial charge in [-0.15, -0.1) is 0 Å². The van der Waals surface area contributed by atoms with E-state index in [-0.39, 0.29) is 18.4 Å². The predicted octanol–water partition coefficient (Wildman–Crippen LogP) is 2.77. The van der Waals surface area contributed by atoms with Gasteiger partial charge in [0.15, 0.2) is 6.61 Å². The highest BCUT2D eigenvalue weighted by atomic mass is 16.5. The second kappa shape index (κ2) is 8.72. The molecule has 5 heteroatoms. The van der Waals surface area contributed by atoms with Crippen LogP contribution in [0.25, 0.3) is 0 Å². The Morgan fingerprint density at radius 1 is 1.04 bits per heavy atom. The molecule has 0 aliphatic heterocycles. The zero-order valence-corrected chi connectivity index (χ0v) is 13.8. The third kappa shape index (κ3) is 5.12. The quantitative estimate of drug-likeness (QED) is 0.794. The largest absolute Gasteiger partial charge is 0.497 e. The molecule has 0 aliphatic carbocycles. The Morgan fingerprint density at radius 2 is 1.71 bits per heavy atom. The summed E-state index contributed by atoms with van der Waals surface area (Å²) in [4.78, 5) is 23.7. The zero-order valence-electron chi connectivity index (χ0n) is 13.8. The Kier molecular flexibility index (Phi) is 6.37. The van der Waals surface area contributed by atoms with Gasteiger partial charge in [-0.25, -0.2) is 4.79 Å². The van der Waals surface area contributed by atoms with Crippen molar-refractivity contribution in [3.63, 3.8) is 0 Å². The molecule has 1 N–H and O–H groups in total. The van der Waals surface area contributed by atoms with Crippen molar-refractivity contribution < 1.29 is 19.1 Å². The van der Waals surface area contributed by atoms with Crippen LogP contribution in [-0.4, -0.2) is 32.1 Å². The maximum atomic E-state index is 11.9. The standard InChI is InChI=1S/C19H21NO4/c1-14(15-6-4-3-5-7-15)12-20-18(21)13-24-19(22)16-8-10-17(23-2)11-9-16/h3-11,14H,12-13H2,1-2H3,(H,20,21)/t14-/m1/s1. The molecule has 2 rings (SSSR count). The van der Waals surface area contributed by atoms with Crippen LogP contribution in [0.2, 0.25) is 0 Å². The summed E-state index contributed by atoms with van der Waals surface area (Å²) in [5, 5.41) is 2.77. The highest BCUT2D eigenvalue weighted by Crippen LogP contribution is 2.13. The van der Waals surface area contributed by atoms with Crippen molar-refractivity contribution in [1.82, 2.24) is 5.32 Å². The van der Waals surface area contributed by atoms with Crippen molar-refractivity contribution in [1.29, 1.82) is 0 Å². The summed E-state index contributed by atoms with van der Waals surface area (Å²) in [6.45, 7) is 2.22. The van der Waals surface area contributed by atoms with Crippen LogP contribution in [0.1, 0.15) is 28.8 Å². The summed E-state index contributed by atoms with van der Waals surface area (Å²) >= 11 is 0. The van der Waals surface area contributed by atoms with Crippen molar-refractivity contribution in [3.8, 4) is 5.75 Å².